The minimum absolute atomic E-state index is 0.0812. The van der Waals surface area contributed by atoms with Gasteiger partial charge in [-0.2, -0.15) is 0 Å². The van der Waals surface area contributed by atoms with Crippen molar-refractivity contribution in [3.8, 4) is 11.5 Å². The van der Waals surface area contributed by atoms with Crippen LogP contribution in [0.15, 0.2) is 21.3 Å². The Labute approximate surface area is 496 Å². The van der Waals surface area contributed by atoms with Crippen LogP contribution in [0.25, 0.3) is 22.6 Å². The fraction of sp³-hybridized carbons (Fsp3) is 0.586. The van der Waals surface area contributed by atoms with Crippen molar-refractivity contribution in [1.29, 1.82) is 0 Å². The molecule has 10 atom stereocenters. The van der Waals surface area contributed by atoms with Crippen LogP contribution in [-0.2, 0) is 57.4 Å². The van der Waals surface area contributed by atoms with Crippen molar-refractivity contribution in [3.63, 3.8) is 0 Å². The lowest BCUT2D eigenvalue weighted by atomic mass is 9.98. The first-order valence-corrected chi connectivity index (χ1v) is 29.0. The van der Waals surface area contributed by atoms with Crippen LogP contribution in [0.1, 0.15) is 127 Å². The molecule has 28 nitrogen and oxygen atoms in total. The molecule has 1 aliphatic carbocycles. The van der Waals surface area contributed by atoms with E-state index in [0.717, 1.165) is 0 Å². The van der Waals surface area contributed by atoms with Crippen molar-refractivity contribution < 1.29 is 71.4 Å². The Morgan fingerprint density at radius 3 is 1.47 bits per heavy atom. The average Bonchev–Trinajstić information content (AvgIpc) is 0.918. The molecule has 10 N–H and O–H groups in total. The summed E-state index contributed by atoms with van der Waals surface area (Å²) in [7, 11) is 0. The number of carbonyl (C=O) groups excluding carboxylic acids is 12. The highest BCUT2D eigenvalue weighted by Gasteiger charge is 2.45. The molecular formula is C58H78N12O16. The first-order chi connectivity index (χ1) is 40.4. The number of aromatic nitrogens is 1. The number of amides is 10. The Bertz CT molecular complexity index is 3270. The Morgan fingerprint density at radius 1 is 0.605 bits per heavy atom. The van der Waals surface area contributed by atoms with E-state index in [1.54, 1.807) is 62.3 Å². The van der Waals surface area contributed by atoms with Gasteiger partial charge in [0.05, 0.1) is 29.9 Å². The lowest BCUT2D eigenvalue weighted by Crippen LogP contribution is -2.61. The van der Waals surface area contributed by atoms with Crippen molar-refractivity contribution in [3.05, 3.63) is 44.6 Å². The van der Waals surface area contributed by atoms with Gasteiger partial charge in [-0.3, -0.25) is 52.7 Å². The molecule has 1 aromatic rings. The zero-order chi connectivity index (χ0) is 63.5. The highest BCUT2D eigenvalue weighted by molar-refractivity contribution is 6.10. The lowest BCUT2D eigenvalue weighted by Gasteiger charge is -2.33. The number of rotatable bonds is 8. The monoisotopic (exact) mass is 1200 g/mol. The Balaban J connectivity index is 1.30. The third-order valence-corrected chi connectivity index (χ3v) is 16.0. The van der Waals surface area contributed by atoms with Gasteiger partial charge in [-0.25, -0.2) is 14.6 Å². The molecule has 5 aliphatic heterocycles. The van der Waals surface area contributed by atoms with E-state index in [1.165, 1.54) is 42.7 Å². The number of hydrogen-bond donors (Lipinski definition) is 9. The van der Waals surface area contributed by atoms with Crippen LogP contribution in [0.4, 0.5) is 5.69 Å². The van der Waals surface area contributed by atoms with Crippen LogP contribution in [0.2, 0.25) is 0 Å². The van der Waals surface area contributed by atoms with Crippen LogP contribution in [-0.4, -0.2) is 173 Å². The average molecular weight is 1200 g/mol. The van der Waals surface area contributed by atoms with E-state index >= 15 is 4.79 Å². The second-order valence-corrected chi connectivity index (χ2v) is 23.8. The summed E-state index contributed by atoms with van der Waals surface area (Å²) < 4.78 is 18.0. The summed E-state index contributed by atoms with van der Waals surface area (Å²) in [5.74, 6) is -13.0. The summed E-state index contributed by atoms with van der Waals surface area (Å²) in [5.41, 5.74) is 3.47. The van der Waals surface area contributed by atoms with Gasteiger partial charge in [0.25, 0.3) is 11.8 Å². The molecule has 0 bridgehead atoms. The van der Waals surface area contributed by atoms with Crippen LogP contribution >= 0.6 is 0 Å². The summed E-state index contributed by atoms with van der Waals surface area (Å²) >= 11 is 0. The van der Waals surface area contributed by atoms with Gasteiger partial charge in [0.2, 0.25) is 52.7 Å². The highest BCUT2D eigenvalue weighted by atomic mass is 16.6. The fourth-order valence-corrected chi connectivity index (χ4v) is 11.0. The number of nitrogens with two attached hydrogens (primary N) is 1. The van der Waals surface area contributed by atoms with E-state index in [1.807, 2.05) is 0 Å². The third-order valence-electron chi connectivity index (χ3n) is 16.0. The van der Waals surface area contributed by atoms with Gasteiger partial charge in [-0.1, -0.05) is 61.5 Å². The number of esters is 2. The summed E-state index contributed by atoms with van der Waals surface area (Å²) in [6, 6.07) is -8.05. The van der Waals surface area contributed by atoms with Crippen molar-refractivity contribution >= 4 is 87.8 Å². The number of nitrogens with one attached hydrogen (secondary N) is 8. The number of nitrogen functional groups attached to an aromatic ring is 1. The maximum atomic E-state index is 15.1. The molecule has 0 spiro atoms. The van der Waals surface area contributed by atoms with E-state index in [9.17, 15) is 57.5 Å². The number of cyclic esters (lactones) is 2. The van der Waals surface area contributed by atoms with Crippen molar-refractivity contribution in [1.82, 2.24) is 57.3 Å². The third kappa shape index (κ3) is 13.7. The van der Waals surface area contributed by atoms with Crippen LogP contribution in [0.5, 0.6) is 0 Å². The number of nitrogens with zero attached hydrogens (tertiary/aromatic N) is 3. The van der Waals surface area contributed by atoms with Crippen LogP contribution < -0.4 is 53.7 Å². The molecule has 6 aliphatic rings. The number of carbonyl (C=O) groups is 12. The molecule has 5 heterocycles. The molecule has 466 valence electrons. The zero-order valence-electron chi connectivity index (χ0n) is 50.3. The zero-order valence-corrected chi connectivity index (χ0v) is 50.3. The van der Waals surface area contributed by atoms with E-state index in [0.29, 0.717) is 18.4 Å². The van der Waals surface area contributed by atoms with Crippen molar-refractivity contribution in [2.75, 3.05) is 31.9 Å². The normalized spacial score (nSPS) is 26.4. The molecule has 0 unspecified atom stereocenters. The predicted molar refractivity (Wildman–Crippen MR) is 307 cm³/mol. The molecule has 0 saturated carbocycles. The van der Waals surface area contributed by atoms with E-state index in [2.05, 4.69) is 42.5 Å². The number of benzene rings is 2. The second kappa shape index (κ2) is 26.7. The van der Waals surface area contributed by atoms with E-state index in [4.69, 9.17) is 24.6 Å². The van der Waals surface area contributed by atoms with Crippen molar-refractivity contribution in [2.24, 2.45) is 23.7 Å². The number of fused-ring (bicyclic) bond motifs is 4. The molecule has 28 heteroatoms. The smallest absolute Gasteiger partial charge is 0.329 e. The van der Waals surface area contributed by atoms with Crippen molar-refractivity contribution in [2.45, 2.75) is 169 Å². The van der Waals surface area contributed by atoms with E-state index in [-0.39, 0.29) is 53.9 Å². The number of hydrogen-bond acceptors (Lipinski definition) is 18. The fourth-order valence-electron chi connectivity index (χ4n) is 11.0. The number of anilines is 1. The first-order valence-electron chi connectivity index (χ1n) is 29.0. The maximum absolute atomic E-state index is 15.1. The van der Waals surface area contributed by atoms with E-state index < -0.39 is 191 Å². The second-order valence-electron chi connectivity index (χ2n) is 23.8. The summed E-state index contributed by atoms with van der Waals surface area (Å²) in [6.45, 7) is 17.9. The lowest BCUT2D eigenvalue weighted by molar-refractivity contribution is -0.157. The highest BCUT2D eigenvalue weighted by Crippen LogP contribution is 2.35. The van der Waals surface area contributed by atoms with Gasteiger partial charge < -0.3 is 72.0 Å². The van der Waals surface area contributed by atoms with Gasteiger partial charge >= 0.3 is 11.9 Å². The molecule has 4 saturated heterocycles. The SMILES string of the molecule is Cc1c2oc3c(C)ccc(C(=O)N[C@@H]4C(=O)N[C@H](C(C)C)C(=O)N5CCC[C@@H]5C(=O)NCC(=O)N[C@@H](C(C)C)C(=O)O[C@@H]4C)c3nc-2c(C(=O)N[C@H]2C(=O)N[C@@H](C(C)C)C(=O)N3CCC[C@H]3C(=O)NCC(=O)N[C@H](C(C)C)C(=O)O[C@H]2C)c(N)c1=O. The molecule has 7 rings (SSSR count). The minimum Gasteiger partial charge on any atom is -0.458 e. The molecular weight excluding hydrogens is 1120 g/mol. The van der Waals surface area contributed by atoms with Crippen LogP contribution in [0.3, 0.4) is 0 Å². The molecule has 4 fully saturated rings. The Kier molecular flexibility index (Phi) is 20.1. The van der Waals surface area contributed by atoms with Gasteiger partial charge in [0, 0.05) is 18.7 Å². The standard InChI is InChI=1S/C58H78N12O16/c1-23(2)38-55(80)69-19-13-15-32(69)50(75)60-21-34(71)62-40(25(5)6)57(82)84-29(11)42(53(78)65-38)67-49(74)31-18-17-27(9)47-44(31)64-45-36(37(59)46(73)28(10)48(45)86-47)52(77)68-43-30(12)85-58(83)41(26(7)8)63-35(72)22-61-51(76)33-16-14-20-70(33)56(81)39(24(3)4)66-54(43)79/h17-18,23-26,29-30,32-33,38-43H,13-16,19-22,59H2,1-12H3,(H,60,75)(H,61,76)(H,62,71)(H,63,72)(H,65,78)(H,66,79)(H,67,74)(H,68,77)/t29-,30+,32-,33+,38-,39+,40+,41-,42+,43-/m1/s1. The summed E-state index contributed by atoms with van der Waals surface area (Å²) in [4.78, 5) is 191. The Hall–Kier alpha value is -8.72. The molecule has 10 amide bonds. The maximum Gasteiger partial charge on any atom is 0.329 e. The number of ether oxygens (including phenoxy) is 2. The van der Waals surface area contributed by atoms with Gasteiger partial charge in [-0.15, -0.1) is 0 Å². The minimum atomic E-state index is -1.88. The summed E-state index contributed by atoms with van der Waals surface area (Å²) in [5, 5.41) is 20.7. The topological polar surface area (TPSA) is 395 Å². The number of aryl methyl sites for hydroxylation is 1. The Morgan fingerprint density at radius 2 is 1.03 bits per heavy atom. The molecule has 0 aromatic heterocycles. The van der Waals surface area contributed by atoms with Crippen LogP contribution in [0, 0.1) is 37.5 Å². The van der Waals surface area contributed by atoms with Gasteiger partial charge in [0.1, 0.15) is 71.8 Å². The molecule has 1 aromatic carbocycles. The molecule has 0 radical (unpaired) electrons. The summed E-state index contributed by atoms with van der Waals surface area (Å²) in [6.07, 6.45) is -1.69. The predicted octanol–water partition coefficient (Wildman–Crippen LogP) is -0.643. The van der Waals surface area contributed by atoms with Gasteiger partial charge in [0.15, 0.2) is 11.3 Å². The quantitative estimate of drug-likeness (QED) is 0.0769. The van der Waals surface area contributed by atoms with Gasteiger partial charge in [-0.05, 0) is 88.7 Å². The molecule has 86 heavy (non-hydrogen) atoms. The largest absolute Gasteiger partial charge is 0.458 e. The first kappa shape index (κ1) is 64.8.